The molecular formula is C29H36N6O3S. The molecule has 39 heavy (non-hydrogen) atoms. The molecule has 1 aromatic heterocycles. The fourth-order valence-corrected chi connectivity index (χ4v) is 5.82. The molecule has 1 aliphatic carbocycles. The fourth-order valence-electron chi connectivity index (χ4n) is 5.08. The summed E-state index contributed by atoms with van der Waals surface area (Å²) in [5.41, 5.74) is 15.4. The number of aromatic nitrogens is 1. The standard InChI is InChI=1S/C29H36N6O3S/c1-17-10-15-22(18(2)16-17)35(29(38)26-23(30)24(27(31)36)33-39-26)25(19-11-13-21(14-12-19)34(3)4)28(37)32-20-8-6-5-7-9-20/h10-16,20,25H,5-9,30H2,1-4H3,(H2,31,36)(H,32,37). The highest BCUT2D eigenvalue weighted by molar-refractivity contribution is 7.09. The van der Waals surface area contributed by atoms with E-state index in [9.17, 15) is 14.4 Å². The highest BCUT2D eigenvalue weighted by Gasteiger charge is 2.37. The van der Waals surface area contributed by atoms with Gasteiger partial charge >= 0.3 is 0 Å². The number of hydrogen-bond acceptors (Lipinski definition) is 7. The second kappa shape index (κ2) is 11.9. The molecular weight excluding hydrogens is 512 g/mol. The van der Waals surface area contributed by atoms with Crippen molar-refractivity contribution < 1.29 is 14.4 Å². The molecule has 0 bridgehead atoms. The van der Waals surface area contributed by atoms with E-state index < -0.39 is 17.9 Å². The number of carbonyl (C=O) groups excluding carboxylic acids is 3. The Morgan fingerprint density at radius 3 is 2.26 bits per heavy atom. The van der Waals surface area contributed by atoms with E-state index in [2.05, 4.69) is 9.69 Å². The van der Waals surface area contributed by atoms with Crippen LogP contribution in [0.4, 0.5) is 17.1 Å². The summed E-state index contributed by atoms with van der Waals surface area (Å²) in [5.74, 6) is -1.61. The lowest BCUT2D eigenvalue weighted by atomic mass is 9.94. The molecule has 1 aliphatic rings. The Labute approximate surface area is 233 Å². The number of amides is 3. The van der Waals surface area contributed by atoms with Crippen LogP contribution in [0.15, 0.2) is 42.5 Å². The Morgan fingerprint density at radius 1 is 1.03 bits per heavy atom. The number of rotatable bonds is 8. The predicted octanol–water partition coefficient (Wildman–Crippen LogP) is 4.34. The van der Waals surface area contributed by atoms with Crippen molar-refractivity contribution in [2.24, 2.45) is 5.73 Å². The molecule has 1 atom stereocenters. The van der Waals surface area contributed by atoms with E-state index in [1.165, 1.54) is 4.90 Å². The number of benzene rings is 2. The van der Waals surface area contributed by atoms with Gasteiger partial charge in [0.1, 0.15) is 10.9 Å². The number of aryl methyl sites for hydroxylation is 2. The Kier molecular flexibility index (Phi) is 8.54. The number of primary amides is 1. The largest absolute Gasteiger partial charge is 0.395 e. The van der Waals surface area contributed by atoms with Gasteiger partial charge in [0.25, 0.3) is 11.8 Å². The molecule has 1 heterocycles. The lowest BCUT2D eigenvalue weighted by molar-refractivity contribution is -0.123. The van der Waals surface area contributed by atoms with Gasteiger partial charge in [-0.05, 0) is 67.5 Å². The second-order valence-electron chi connectivity index (χ2n) is 10.3. The van der Waals surface area contributed by atoms with E-state index in [0.29, 0.717) is 11.3 Å². The number of nitrogens with one attached hydrogen (secondary N) is 1. The van der Waals surface area contributed by atoms with E-state index in [1.54, 1.807) is 0 Å². The molecule has 1 fully saturated rings. The topological polar surface area (TPSA) is 135 Å². The molecule has 0 saturated heterocycles. The van der Waals surface area contributed by atoms with E-state index in [4.69, 9.17) is 11.5 Å². The van der Waals surface area contributed by atoms with Crippen LogP contribution in [0.3, 0.4) is 0 Å². The normalized spacial score (nSPS) is 14.5. The maximum atomic E-state index is 14.3. The van der Waals surface area contributed by atoms with Gasteiger partial charge < -0.3 is 21.7 Å². The third-order valence-electron chi connectivity index (χ3n) is 7.17. The summed E-state index contributed by atoms with van der Waals surface area (Å²) in [4.78, 5) is 43.8. The van der Waals surface area contributed by atoms with Crippen molar-refractivity contribution in [3.05, 3.63) is 69.7 Å². The number of nitrogen functional groups attached to an aromatic ring is 1. The molecule has 10 heteroatoms. The molecule has 3 aromatic rings. The fraction of sp³-hybridized carbons (Fsp3) is 0.379. The van der Waals surface area contributed by atoms with E-state index in [1.807, 2.05) is 75.3 Å². The highest BCUT2D eigenvalue weighted by Crippen LogP contribution is 2.36. The number of anilines is 3. The van der Waals surface area contributed by atoms with Gasteiger partial charge in [0.15, 0.2) is 5.69 Å². The Balaban J connectivity index is 1.88. The van der Waals surface area contributed by atoms with E-state index in [0.717, 1.165) is 60.5 Å². The minimum absolute atomic E-state index is 0.0424. The Morgan fingerprint density at radius 2 is 1.69 bits per heavy atom. The summed E-state index contributed by atoms with van der Waals surface area (Å²) in [5, 5.41) is 3.22. The van der Waals surface area contributed by atoms with Gasteiger partial charge in [-0.1, -0.05) is 49.1 Å². The molecule has 0 aliphatic heterocycles. The molecule has 0 spiro atoms. The summed E-state index contributed by atoms with van der Waals surface area (Å²) in [6, 6.07) is 12.3. The van der Waals surface area contributed by atoms with Gasteiger partial charge in [-0.3, -0.25) is 19.3 Å². The summed E-state index contributed by atoms with van der Waals surface area (Å²) in [6.45, 7) is 3.87. The minimum Gasteiger partial charge on any atom is -0.395 e. The Hall–Kier alpha value is -3.92. The summed E-state index contributed by atoms with van der Waals surface area (Å²) < 4.78 is 4.04. The first-order valence-corrected chi connectivity index (χ1v) is 13.9. The maximum Gasteiger partial charge on any atom is 0.273 e. The number of carbonyl (C=O) groups is 3. The van der Waals surface area contributed by atoms with Crippen molar-refractivity contribution in [3.8, 4) is 0 Å². The molecule has 0 radical (unpaired) electrons. The van der Waals surface area contributed by atoms with Gasteiger partial charge in [0.2, 0.25) is 5.91 Å². The number of hydrogen-bond donors (Lipinski definition) is 3. The summed E-state index contributed by atoms with van der Waals surface area (Å²) in [7, 11) is 3.88. The van der Waals surface area contributed by atoms with Crippen LogP contribution in [0.2, 0.25) is 0 Å². The average Bonchev–Trinajstić information content (AvgIpc) is 3.29. The van der Waals surface area contributed by atoms with Gasteiger partial charge in [0, 0.05) is 31.5 Å². The first-order chi connectivity index (χ1) is 18.6. The quantitative estimate of drug-likeness (QED) is 0.383. The lowest BCUT2D eigenvalue weighted by Crippen LogP contribution is -2.47. The Bertz CT molecular complexity index is 1360. The third-order valence-corrected chi connectivity index (χ3v) is 8.02. The highest BCUT2D eigenvalue weighted by atomic mass is 32.1. The summed E-state index contributed by atoms with van der Waals surface area (Å²) in [6.07, 6.45) is 5.07. The molecule has 5 N–H and O–H groups in total. The first-order valence-electron chi connectivity index (χ1n) is 13.1. The van der Waals surface area contributed by atoms with Crippen molar-refractivity contribution >= 4 is 46.3 Å². The van der Waals surface area contributed by atoms with Crippen LogP contribution in [-0.2, 0) is 4.79 Å². The smallest absolute Gasteiger partial charge is 0.273 e. The van der Waals surface area contributed by atoms with Gasteiger partial charge in [0.05, 0.1) is 5.69 Å². The SMILES string of the molecule is Cc1ccc(N(C(=O)c2snc(C(N)=O)c2N)C(C(=O)NC2CCCCC2)c2ccc(N(C)C)cc2)c(C)c1. The third kappa shape index (κ3) is 6.06. The van der Waals surface area contributed by atoms with Crippen LogP contribution in [0.5, 0.6) is 0 Å². The zero-order valence-corrected chi connectivity index (χ0v) is 23.7. The van der Waals surface area contributed by atoms with Crippen LogP contribution < -0.4 is 26.6 Å². The molecule has 206 valence electrons. The van der Waals surface area contributed by atoms with E-state index >= 15 is 0 Å². The van der Waals surface area contributed by atoms with Crippen molar-refractivity contribution in [1.29, 1.82) is 0 Å². The molecule has 1 saturated carbocycles. The van der Waals surface area contributed by atoms with Crippen molar-refractivity contribution in [3.63, 3.8) is 0 Å². The second-order valence-corrected chi connectivity index (χ2v) is 11.1. The van der Waals surface area contributed by atoms with Crippen molar-refractivity contribution in [1.82, 2.24) is 9.69 Å². The van der Waals surface area contributed by atoms with Crippen LogP contribution in [0.25, 0.3) is 0 Å². The predicted molar refractivity (Wildman–Crippen MR) is 156 cm³/mol. The van der Waals surface area contributed by atoms with Crippen molar-refractivity contribution in [2.75, 3.05) is 29.6 Å². The van der Waals surface area contributed by atoms with Gasteiger partial charge in [-0.25, -0.2) is 0 Å². The summed E-state index contributed by atoms with van der Waals surface area (Å²) >= 11 is 0.806. The molecule has 3 amide bonds. The molecule has 4 rings (SSSR count). The van der Waals surface area contributed by atoms with Gasteiger partial charge in [-0.2, -0.15) is 4.37 Å². The monoisotopic (exact) mass is 548 g/mol. The minimum atomic E-state index is -0.990. The van der Waals surface area contributed by atoms with Crippen LogP contribution >= 0.6 is 11.5 Å². The van der Waals surface area contributed by atoms with Crippen LogP contribution in [0, 0.1) is 13.8 Å². The molecule has 9 nitrogen and oxygen atoms in total. The zero-order chi connectivity index (χ0) is 28.3. The lowest BCUT2D eigenvalue weighted by Gasteiger charge is -2.34. The first kappa shape index (κ1) is 28.1. The van der Waals surface area contributed by atoms with Gasteiger partial charge in [-0.15, -0.1) is 0 Å². The average molecular weight is 549 g/mol. The van der Waals surface area contributed by atoms with Crippen LogP contribution in [-0.4, -0.2) is 42.2 Å². The molecule has 2 aromatic carbocycles. The van der Waals surface area contributed by atoms with Crippen LogP contribution in [0.1, 0.15) is 75.0 Å². The molecule has 1 unspecified atom stereocenters. The number of nitrogens with zero attached hydrogens (tertiary/aromatic N) is 3. The van der Waals surface area contributed by atoms with Crippen molar-refractivity contribution in [2.45, 2.75) is 58.0 Å². The number of nitrogens with two attached hydrogens (primary N) is 2. The maximum absolute atomic E-state index is 14.3. The zero-order valence-electron chi connectivity index (χ0n) is 22.9. The van der Waals surface area contributed by atoms with E-state index in [-0.39, 0.29) is 28.2 Å².